The number of aromatic nitrogens is 4. The number of carbonyl (C=O) groups excluding carboxylic acids is 1. The first-order valence-corrected chi connectivity index (χ1v) is 11.8. The number of piperidine rings is 1. The molecule has 1 amide bonds. The fourth-order valence-electron chi connectivity index (χ4n) is 3.79. The average Bonchev–Trinajstić information content (AvgIpc) is 3.47. The Labute approximate surface area is 182 Å². The SMILES string of the molecule is O=C(c1ccc(CSc2ncn[nH]2)cc1)N1CCCCC1c1nc2ccccc2s1. The number of hydrogen-bond acceptors (Lipinski definition) is 6. The summed E-state index contributed by atoms with van der Waals surface area (Å²) in [5.74, 6) is 0.871. The summed E-state index contributed by atoms with van der Waals surface area (Å²) in [5, 5.41) is 8.54. The maximum Gasteiger partial charge on any atom is 0.254 e. The van der Waals surface area contributed by atoms with Crippen molar-refractivity contribution in [1.29, 1.82) is 0 Å². The molecule has 3 heterocycles. The second-order valence-electron chi connectivity index (χ2n) is 7.31. The van der Waals surface area contributed by atoms with E-state index in [1.807, 2.05) is 47.4 Å². The summed E-state index contributed by atoms with van der Waals surface area (Å²) in [4.78, 5) is 24.3. The van der Waals surface area contributed by atoms with Gasteiger partial charge in [-0.05, 0) is 49.1 Å². The van der Waals surface area contributed by atoms with Gasteiger partial charge < -0.3 is 4.90 Å². The van der Waals surface area contributed by atoms with Crippen molar-refractivity contribution in [3.8, 4) is 0 Å². The molecule has 6 nitrogen and oxygen atoms in total. The highest BCUT2D eigenvalue weighted by Crippen LogP contribution is 2.36. The van der Waals surface area contributed by atoms with E-state index in [1.165, 1.54) is 11.0 Å². The third kappa shape index (κ3) is 3.97. The third-order valence-corrected chi connectivity index (χ3v) is 7.41. The van der Waals surface area contributed by atoms with Crippen LogP contribution in [0.15, 0.2) is 60.0 Å². The van der Waals surface area contributed by atoms with E-state index in [0.29, 0.717) is 0 Å². The zero-order valence-electron chi connectivity index (χ0n) is 16.3. The molecule has 0 bridgehead atoms. The van der Waals surface area contributed by atoms with Crippen molar-refractivity contribution < 1.29 is 4.79 Å². The number of carbonyl (C=O) groups is 1. The molecule has 2 aromatic carbocycles. The number of hydrogen-bond donors (Lipinski definition) is 1. The first-order chi connectivity index (χ1) is 14.8. The van der Waals surface area contributed by atoms with Gasteiger partial charge in [-0.15, -0.1) is 11.3 Å². The lowest BCUT2D eigenvalue weighted by molar-refractivity contribution is 0.0611. The smallest absolute Gasteiger partial charge is 0.254 e. The molecule has 2 aromatic heterocycles. The molecule has 1 N–H and O–H groups in total. The van der Waals surface area contributed by atoms with Crippen LogP contribution >= 0.6 is 23.1 Å². The summed E-state index contributed by atoms with van der Waals surface area (Å²) in [7, 11) is 0. The maximum atomic E-state index is 13.3. The first-order valence-electron chi connectivity index (χ1n) is 10.0. The van der Waals surface area contributed by atoms with Crippen LogP contribution in [0.25, 0.3) is 10.2 Å². The van der Waals surface area contributed by atoms with Crippen molar-refractivity contribution in [3.05, 3.63) is 71.0 Å². The van der Waals surface area contributed by atoms with E-state index in [2.05, 4.69) is 21.2 Å². The molecular formula is C22H21N5OS2. The van der Waals surface area contributed by atoms with Gasteiger partial charge in [-0.25, -0.2) is 9.97 Å². The number of aromatic amines is 1. The molecule has 5 rings (SSSR count). The molecule has 152 valence electrons. The Morgan fingerprint density at radius 2 is 2.03 bits per heavy atom. The van der Waals surface area contributed by atoms with Gasteiger partial charge in [0.05, 0.1) is 16.3 Å². The highest BCUT2D eigenvalue weighted by Gasteiger charge is 2.30. The molecule has 1 aliphatic heterocycles. The van der Waals surface area contributed by atoms with Gasteiger partial charge in [-0.1, -0.05) is 36.0 Å². The van der Waals surface area contributed by atoms with Crippen LogP contribution in [0.4, 0.5) is 0 Å². The molecule has 30 heavy (non-hydrogen) atoms. The number of nitrogens with zero attached hydrogens (tertiary/aromatic N) is 4. The van der Waals surface area contributed by atoms with E-state index >= 15 is 0 Å². The minimum absolute atomic E-state index is 0.0605. The minimum Gasteiger partial charge on any atom is -0.329 e. The number of nitrogens with one attached hydrogen (secondary N) is 1. The van der Waals surface area contributed by atoms with Gasteiger partial charge in [0, 0.05) is 17.9 Å². The lowest BCUT2D eigenvalue weighted by Crippen LogP contribution is -2.38. The summed E-state index contributed by atoms with van der Waals surface area (Å²) in [6.07, 6.45) is 4.64. The van der Waals surface area contributed by atoms with Gasteiger partial charge in [0.1, 0.15) is 11.3 Å². The van der Waals surface area contributed by atoms with Crippen LogP contribution in [0.3, 0.4) is 0 Å². The fourth-order valence-corrected chi connectivity index (χ4v) is 5.64. The standard InChI is InChI=1S/C22H21N5OS2/c28-21(16-10-8-15(9-11-16)13-29-22-23-14-24-26-22)27-12-4-3-6-18(27)20-25-17-5-1-2-7-19(17)30-20/h1-2,5,7-11,14,18H,3-4,6,12-13H2,(H,23,24,26). The Kier molecular flexibility index (Phi) is 5.50. The van der Waals surface area contributed by atoms with Gasteiger partial charge >= 0.3 is 0 Å². The minimum atomic E-state index is 0.0605. The molecular weight excluding hydrogens is 414 g/mol. The maximum absolute atomic E-state index is 13.3. The predicted octanol–water partition coefficient (Wildman–Crippen LogP) is 5.07. The summed E-state index contributed by atoms with van der Waals surface area (Å²) < 4.78 is 1.18. The van der Waals surface area contributed by atoms with Crippen LogP contribution in [-0.2, 0) is 5.75 Å². The summed E-state index contributed by atoms with van der Waals surface area (Å²) in [6, 6.07) is 16.2. The van der Waals surface area contributed by atoms with Crippen molar-refractivity contribution in [3.63, 3.8) is 0 Å². The van der Waals surface area contributed by atoms with Crippen molar-refractivity contribution >= 4 is 39.2 Å². The Hall–Kier alpha value is -2.71. The first kappa shape index (κ1) is 19.3. The van der Waals surface area contributed by atoms with Crippen molar-refractivity contribution in [2.75, 3.05) is 6.54 Å². The lowest BCUT2D eigenvalue weighted by atomic mass is 10.0. The molecule has 0 spiro atoms. The number of benzene rings is 2. The fraction of sp³-hybridized carbons (Fsp3) is 0.273. The predicted molar refractivity (Wildman–Crippen MR) is 120 cm³/mol. The number of H-pyrrole nitrogens is 1. The molecule has 1 aliphatic rings. The van der Waals surface area contributed by atoms with Crippen LogP contribution < -0.4 is 0 Å². The number of fused-ring (bicyclic) bond motifs is 1. The van der Waals surface area contributed by atoms with E-state index < -0.39 is 0 Å². The second kappa shape index (κ2) is 8.57. The number of thiazole rings is 1. The van der Waals surface area contributed by atoms with E-state index in [-0.39, 0.29) is 11.9 Å². The van der Waals surface area contributed by atoms with E-state index in [4.69, 9.17) is 4.98 Å². The number of amides is 1. The number of rotatable bonds is 5. The molecule has 4 aromatic rings. The molecule has 1 fully saturated rings. The van der Waals surface area contributed by atoms with Gasteiger partial charge in [-0.3, -0.25) is 9.89 Å². The molecule has 1 atom stereocenters. The lowest BCUT2D eigenvalue weighted by Gasteiger charge is -2.34. The molecule has 1 unspecified atom stereocenters. The molecule has 8 heteroatoms. The Morgan fingerprint density at radius 3 is 2.83 bits per heavy atom. The highest BCUT2D eigenvalue weighted by atomic mass is 32.2. The van der Waals surface area contributed by atoms with Crippen LogP contribution in [-0.4, -0.2) is 37.5 Å². The molecule has 1 saturated heterocycles. The number of para-hydroxylation sites is 1. The summed E-state index contributed by atoms with van der Waals surface area (Å²) in [5.41, 5.74) is 2.90. The second-order valence-corrected chi connectivity index (χ2v) is 9.33. The topological polar surface area (TPSA) is 74.8 Å². The van der Waals surface area contributed by atoms with Crippen LogP contribution in [0.2, 0.25) is 0 Å². The number of thioether (sulfide) groups is 1. The average molecular weight is 436 g/mol. The van der Waals surface area contributed by atoms with Crippen LogP contribution in [0, 0.1) is 0 Å². The van der Waals surface area contributed by atoms with Crippen molar-refractivity contribution in [2.45, 2.75) is 36.2 Å². The quantitative estimate of drug-likeness (QED) is 0.443. The van der Waals surface area contributed by atoms with Crippen LogP contribution in [0.1, 0.15) is 46.2 Å². The Bertz CT molecular complexity index is 1110. The number of likely N-dealkylation sites (tertiary alicyclic amines) is 1. The van der Waals surface area contributed by atoms with E-state index in [9.17, 15) is 4.79 Å². The largest absolute Gasteiger partial charge is 0.329 e. The van der Waals surface area contributed by atoms with E-state index in [1.54, 1.807) is 23.1 Å². The van der Waals surface area contributed by atoms with Gasteiger partial charge in [0.15, 0.2) is 5.16 Å². The molecule has 0 saturated carbocycles. The normalized spacial score (nSPS) is 16.8. The molecule has 0 radical (unpaired) electrons. The third-order valence-electron chi connectivity index (χ3n) is 5.33. The van der Waals surface area contributed by atoms with E-state index in [0.717, 1.165) is 58.4 Å². The van der Waals surface area contributed by atoms with Gasteiger partial charge in [0.25, 0.3) is 5.91 Å². The summed E-state index contributed by atoms with van der Waals surface area (Å²) in [6.45, 7) is 0.780. The monoisotopic (exact) mass is 435 g/mol. The van der Waals surface area contributed by atoms with Crippen LogP contribution in [0.5, 0.6) is 0 Å². The molecule has 0 aliphatic carbocycles. The zero-order valence-corrected chi connectivity index (χ0v) is 18.0. The van der Waals surface area contributed by atoms with Crippen molar-refractivity contribution in [1.82, 2.24) is 25.1 Å². The Balaban J connectivity index is 1.33. The zero-order chi connectivity index (χ0) is 20.3. The van der Waals surface area contributed by atoms with Gasteiger partial charge in [-0.2, -0.15) is 5.10 Å². The highest BCUT2D eigenvalue weighted by molar-refractivity contribution is 7.98. The summed E-state index contributed by atoms with van der Waals surface area (Å²) >= 11 is 3.30. The van der Waals surface area contributed by atoms with Crippen molar-refractivity contribution in [2.24, 2.45) is 0 Å². The van der Waals surface area contributed by atoms with Gasteiger partial charge in [0.2, 0.25) is 0 Å². The Morgan fingerprint density at radius 1 is 1.17 bits per heavy atom.